The molecule has 1 atom stereocenters. The molecule has 2 aliphatic rings. The molecule has 0 saturated carbocycles. The Kier molecular flexibility index (Phi) is 9.94. The average molecular weight is 560 g/mol. The molecule has 1 saturated heterocycles. The van der Waals surface area contributed by atoms with Crippen LogP contribution in [0.5, 0.6) is 0 Å². The number of likely N-dealkylation sites (tertiary alicyclic amines) is 1. The molecule has 2 N–H and O–H groups in total. The highest BCUT2D eigenvalue weighted by Gasteiger charge is 2.27. The normalized spacial score (nSPS) is 18.0. The largest absolute Gasteiger partial charge is 0.487 e. The van der Waals surface area contributed by atoms with Crippen LogP contribution in [0.2, 0.25) is 0 Å². The molecule has 2 aliphatic heterocycles. The van der Waals surface area contributed by atoms with E-state index < -0.39 is 12.1 Å². The first-order chi connectivity index (χ1) is 19.6. The van der Waals surface area contributed by atoms with Gasteiger partial charge < -0.3 is 19.7 Å². The summed E-state index contributed by atoms with van der Waals surface area (Å²) in [6.45, 7) is 10.0. The van der Waals surface area contributed by atoms with Gasteiger partial charge in [0.05, 0.1) is 6.26 Å². The van der Waals surface area contributed by atoms with Gasteiger partial charge in [0.1, 0.15) is 12.3 Å². The number of ether oxygens (including phenoxy) is 2. The zero-order valence-electron chi connectivity index (χ0n) is 24.6. The third-order valence-corrected chi connectivity index (χ3v) is 7.44. The van der Waals surface area contributed by atoms with E-state index in [1.54, 1.807) is 13.4 Å². The Balaban J connectivity index is 1.30. The second kappa shape index (κ2) is 13.6. The molecule has 9 heteroatoms. The van der Waals surface area contributed by atoms with Crippen LogP contribution >= 0.6 is 0 Å². The van der Waals surface area contributed by atoms with Crippen molar-refractivity contribution in [3.8, 4) is 0 Å². The summed E-state index contributed by atoms with van der Waals surface area (Å²) in [7, 11) is 1.55. The van der Waals surface area contributed by atoms with E-state index in [0.29, 0.717) is 17.3 Å². The van der Waals surface area contributed by atoms with E-state index in [1.165, 1.54) is 5.56 Å². The lowest BCUT2D eigenvalue weighted by Gasteiger charge is -2.32. The number of hydrogen-bond donors (Lipinski definition) is 2. The molecule has 0 aliphatic carbocycles. The summed E-state index contributed by atoms with van der Waals surface area (Å²) in [5, 5.41) is 11.1. The minimum absolute atomic E-state index is 0.0561. The van der Waals surface area contributed by atoms with E-state index in [9.17, 15) is 9.59 Å². The Morgan fingerprint density at radius 2 is 1.73 bits per heavy atom. The van der Waals surface area contributed by atoms with Crippen molar-refractivity contribution in [2.24, 2.45) is 21.7 Å². The lowest BCUT2D eigenvalue weighted by atomic mass is 9.85. The van der Waals surface area contributed by atoms with Gasteiger partial charge in [0.25, 0.3) is 0 Å². The maximum Gasteiger partial charge on any atom is 0.341 e. The Morgan fingerprint density at radius 1 is 1.05 bits per heavy atom. The van der Waals surface area contributed by atoms with Crippen molar-refractivity contribution < 1.29 is 19.1 Å². The topological polar surface area (TPSA) is 105 Å². The molecule has 2 aromatic carbocycles. The van der Waals surface area contributed by atoms with Gasteiger partial charge >= 0.3 is 6.03 Å². The number of aryl methyl sites for hydroxylation is 1. The van der Waals surface area contributed by atoms with Crippen molar-refractivity contribution in [3.05, 3.63) is 88.8 Å². The van der Waals surface area contributed by atoms with Gasteiger partial charge in [-0.1, -0.05) is 68.0 Å². The van der Waals surface area contributed by atoms with Crippen LogP contribution < -0.4 is 10.7 Å². The van der Waals surface area contributed by atoms with E-state index in [0.717, 1.165) is 49.1 Å². The highest BCUT2D eigenvalue weighted by atomic mass is 16.5. The molecule has 218 valence electrons. The zero-order valence-corrected chi connectivity index (χ0v) is 24.6. The van der Waals surface area contributed by atoms with E-state index in [1.807, 2.05) is 66.4 Å². The lowest BCUT2D eigenvalue weighted by molar-refractivity contribution is -0.136. The van der Waals surface area contributed by atoms with E-state index >= 15 is 0 Å². The van der Waals surface area contributed by atoms with Gasteiger partial charge in [-0.2, -0.15) is 0 Å². The molecular formula is C32H41N5O4. The van der Waals surface area contributed by atoms with Crippen LogP contribution in [0.15, 0.2) is 82.5 Å². The number of carbonyl (C=O) groups excluding carboxylic acids is 2. The molecule has 0 spiro atoms. The third kappa shape index (κ3) is 8.50. The predicted octanol–water partition coefficient (Wildman–Crippen LogP) is 6.50. The third-order valence-electron chi connectivity index (χ3n) is 7.44. The lowest BCUT2D eigenvalue weighted by Crippen LogP contribution is -2.40. The molecule has 4 rings (SSSR count). The fourth-order valence-corrected chi connectivity index (χ4v) is 4.89. The SMILES string of the molecule is COCC(=O)N1CCC(Cc2ccc(NC(=O)NN=NC3=CC(C(C)(C)C)=COC3c3ccc(C)cc3)cc2)CC1. The Morgan fingerprint density at radius 3 is 2.37 bits per heavy atom. The number of nitrogens with one attached hydrogen (secondary N) is 2. The van der Waals surface area contributed by atoms with E-state index in [2.05, 4.69) is 41.9 Å². The van der Waals surface area contributed by atoms with Gasteiger partial charge in [0.2, 0.25) is 5.91 Å². The number of nitrogens with zero attached hydrogens (tertiary/aromatic N) is 3. The molecule has 2 aromatic rings. The molecule has 41 heavy (non-hydrogen) atoms. The number of allylic oxidation sites excluding steroid dienone is 2. The van der Waals surface area contributed by atoms with Gasteiger partial charge in [-0.05, 0) is 72.4 Å². The van der Waals surface area contributed by atoms with E-state index in [4.69, 9.17) is 9.47 Å². The Bertz CT molecular complexity index is 1280. The number of rotatable bonds is 8. The number of amides is 3. The first-order valence-corrected chi connectivity index (χ1v) is 14.1. The smallest absolute Gasteiger partial charge is 0.341 e. The van der Waals surface area contributed by atoms with Crippen molar-refractivity contribution in [1.29, 1.82) is 0 Å². The highest BCUT2D eigenvalue weighted by molar-refractivity contribution is 5.88. The molecule has 1 fully saturated rings. The molecule has 9 nitrogen and oxygen atoms in total. The molecule has 2 heterocycles. The first-order valence-electron chi connectivity index (χ1n) is 14.1. The molecular weight excluding hydrogens is 518 g/mol. The number of carbonyl (C=O) groups is 2. The van der Waals surface area contributed by atoms with Crippen LogP contribution in [0.3, 0.4) is 0 Å². The van der Waals surface area contributed by atoms with Crippen LogP contribution in [-0.2, 0) is 20.7 Å². The zero-order chi connectivity index (χ0) is 29.4. The maximum atomic E-state index is 12.5. The second-order valence-electron chi connectivity index (χ2n) is 11.7. The maximum absolute atomic E-state index is 12.5. The average Bonchev–Trinajstić information content (AvgIpc) is 2.94. The summed E-state index contributed by atoms with van der Waals surface area (Å²) < 4.78 is 11.0. The van der Waals surface area contributed by atoms with Gasteiger partial charge in [0, 0.05) is 25.9 Å². The number of hydrogen-bond acceptors (Lipinski definition) is 6. The minimum Gasteiger partial charge on any atom is -0.487 e. The molecule has 0 bridgehead atoms. The summed E-state index contributed by atoms with van der Waals surface area (Å²) >= 11 is 0. The number of benzene rings is 2. The highest BCUT2D eigenvalue weighted by Crippen LogP contribution is 2.37. The number of urea groups is 1. The summed E-state index contributed by atoms with van der Waals surface area (Å²) in [4.78, 5) is 26.4. The standard InChI is InChI=1S/C32H41N5O4/c1-22-6-10-25(11-7-22)30-28(19-26(20-41-30)32(2,3)4)34-36-35-31(39)33-27-12-8-23(9-13-27)18-24-14-16-37(17-15-24)29(38)21-40-5/h6-13,19-20,24,30H,14-18,21H2,1-5H3,(H2,33,34,35,39). The number of anilines is 1. The minimum atomic E-state index is -0.481. The fraction of sp³-hybridized carbons (Fsp3) is 0.438. The summed E-state index contributed by atoms with van der Waals surface area (Å²) in [5.41, 5.74) is 7.92. The van der Waals surface area contributed by atoms with Crippen molar-refractivity contribution >= 4 is 17.6 Å². The second-order valence-corrected chi connectivity index (χ2v) is 11.7. The predicted molar refractivity (Wildman–Crippen MR) is 159 cm³/mol. The van der Waals surface area contributed by atoms with Crippen molar-refractivity contribution in [2.75, 3.05) is 32.1 Å². The molecule has 0 radical (unpaired) electrons. The Labute approximate surface area is 242 Å². The number of piperidine rings is 1. The summed E-state index contributed by atoms with van der Waals surface area (Å²) in [6, 6.07) is 15.4. The molecule has 1 unspecified atom stereocenters. The fourth-order valence-electron chi connectivity index (χ4n) is 4.89. The van der Waals surface area contributed by atoms with Gasteiger partial charge in [-0.3, -0.25) is 4.79 Å². The van der Waals surface area contributed by atoms with Gasteiger partial charge in [0.15, 0.2) is 6.10 Å². The molecule has 3 amide bonds. The summed E-state index contributed by atoms with van der Waals surface area (Å²) in [5.74, 6) is 0.583. The first kappa shape index (κ1) is 30.0. The quantitative estimate of drug-likeness (QED) is 0.285. The van der Waals surface area contributed by atoms with Gasteiger partial charge in [-0.15, -0.1) is 5.11 Å². The monoisotopic (exact) mass is 559 g/mol. The van der Waals surface area contributed by atoms with Crippen LogP contribution in [0, 0.1) is 18.3 Å². The van der Waals surface area contributed by atoms with E-state index in [-0.39, 0.29) is 17.9 Å². The van der Waals surface area contributed by atoms with Crippen LogP contribution in [0.25, 0.3) is 0 Å². The van der Waals surface area contributed by atoms with Gasteiger partial charge in [-0.25, -0.2) is 10.2 Å². The Hall–Kier alpha value is -3.98. The molecule has 0 aromatic heterocycles. The van der Waals surface area contributed by atoms with Crippen LogP contribution in [0.1, 0.15) is 56.4 Å². The van der Waals surface area contributed by atoms with Crippen molar-refractivity contribution in [3.63, 3.8) is 0 Å². The van der Waals surface area contributed by atoms with Crippen LogP contribution in [0.4, 0.5) is 10.5 Å². The summed E-state index contributed by atoms with van der Waals surface area (Å²) in [6.07, 6.45) is 6.22. The van der Waals surface area contributed by atoms with Crippen molar-refractivity contribution in [1.82, 2.24) is 10.3 Å². The van der Waals surface area contributed by atoms with Crippen molar-refractivity contribution in [2.45, 2.75) is 53.1 Å². The van der Waals surface area contributed by atoms with Crippen LogP contribution in [-0.4, -0.2) is 43.6 Å². The number of methoxy groups -OCH3 is 1.